The first-order valence-electron chi connectivity index (χ1n) is 29.1. The van der Waals surface area contributed by atoms with Crippen molar-refractivity contribution in [1.82, 2.24) is 0 Å². The van der Waals surface area contributed by atoms with Gasteiger partial charge in [-0.05, 0) is 203 Å². The Bertz CT molecular complexity index is 3840. The number of anilines is 9. The number of ether oxygens (including phenoxy) is 1. The van der Waals surface area contributed by atoms with Gasteiger partial charge in [-0.1, -0.05) is 170 Å². The molecule has 0 fully saturated rings. The van der Waals surface area contributed by atoms with Crippen molar-refractivity contribution < 1.29 is 4.74 Å². The summed E-state index contributed by atoms with van der Waals surface area (Å²) in [5.74, 6) is 1.88. The van der Waals surface area contributed by atoms with Crippen molar-refractivity contribution in [2.75, 3.05) is 14.7 Å². The number of fused-ring (bicyclic) bond motifs is 10. The Hall–Kier alpha value is -6.91. The van der Waals surface area contributed by atoms with Crippen molar-refractivity contribution in [3.05, 3.63) is 185 Å². The van der Waals surface area contributed by atoms with Crippen LogP contribution < -0.4 is 52.2 Å². The van der Waals surface area contributed by atoms with Gasteiger partial charge in [0.2, 0.25) is 0 Å². The van der Waals surface area contributed by atoms with Crippen molar-refractivity contribution in [2.45, 2.75) is 155 Å². The van der Waals surface area contributed by atoms with E-state index in [2.05, 4.69) is 263 Å². The van der Waals surface area contributed by atoms with Crippen LogP contribution in [0, 0.1) is 0 Å². The zero-order chi connectivity index (χ0) is 54.4. The van der Waals surface area contributed by atoms with Crippen molar-refractivity contribution in [2.24, 2.45) is 0 Å². The third-order valence-electron chi connectivity index (χ3n) is 19.7. The topological polar surface area (TPSA) is 19.0 Å². The molecule has 0 radical (unpaired) electrons. The molecular weight excluding hydrogens is 944 g/mol. The van der Waals surface area contributed by atoms with E-state index in [1.165, 1.54) is 112 Å². The zero-order valence-electron chi connectivity index (χ0n) is 48.7. The van der Waals surface area contributed by atoms with Gasteiger partial charge in [0.25, 0.3) is 13.4 Å². The Balaban J connectivity index is 1.14. The standard InChI is InChI=1S/C72H75B2N3O/c1-67(2,3)44-35-60-65-61(36-44)77(48-29-30-49-50(39-48)70(9,10)32-31-69(49,7)8)57-41-52-51(71(11,12)33-34-72(52,13)14)40-54(57)74(65)56-42-55-58(43-59(56)75(60)46-23-17-15-18-24-46)76(47-25-19-16-20-26-47)62-37-45(68(4,5)6)38-64-66(62)73(55)53-27-21-22-28-63(53)78-64/h15-30,35-43H,31-34H2,1-14H3. The molecule has 4 aliphatic heterocycles. The fourth-order valence-electron chi connectivity index (χ4n) is 14.8. The highest BCUT2D eigenvalue weighted by atomic mass is 16.5. The van der Waals surface area contributed by atoms with Crippen molar-refractivity contribution in [1.29, 1.82) is 0 Å². The van der Waals surface area contributed by atoms with Crippen molar-refractivity contribution in [3.63, 3.8) is 0 Å². The molecule has 0 N–H and O–H groups in total. The summed E-state index contributed by atoms with van der Waals surface area (Å²) in [6.45, 7) is 33.9. The van der Waals surface area contributed by atoms with Gasteiger partial charge in [0.15, 0.2) is 0 Å². The first kappa shape index (κ1) is 49.4. The van der Waals surface area contributed by atoms with Gasteiger partial charge in [0, 0.05) is 51.2 Å². The Morgan fingerprint density at radius 1 is 0.346 bits per heavy atom. The van der Waals surface area contributed by atoms with E-state index in [4.69, 9.17) is 4.74 Å². The fraction of sp³-hybridized carbons (Fsp3) is 0.333. The second-order valence-electron chi connectivity index (χ2n) is 28.7. The molecule has 78 heavy (non-hydrogen) atoms. The van der Waals surface area contributed by atoms with Gasteiger partial charge in [-0.3, -0.25) is 0 Å². The predicted molar refractivity (Wildman–Crippen MR) is 334 cm³/mol. The van der Waals surface area contributed by atoms with Gasteiger partial charge in [0.1, 0.15) is 11.5 Å². The molecule has 8 aromatic carbocycles. The molecule has 0 amide bonds. The monoisotopic (exact) mass is 1020 g/mol. The highest BCUT2D eigenvalue weighted by Crippen LogP contribution is 2.54. The summed E-state index contributed by atoms with van der Waals surface area (Å²) in [5, 5.41) is 0. The lowest BCUT2D eigenvalue weighted by Crippen LogP contribution is -2.65. The largest absolute Gasteiger partial charge is 0.458 e. The highest BCUT2D eigenvalue weighted by Gasteiger charge is 2.50. The number of hydrogen-bond acceptors (Lipinski definition) is 4. The lowest BCUT2D eigenvalue weighted by molar-refractivity contribution is 0.332. The van der Waals surface area contributed by atoms with Gasteiger partial charge < -0.3 is 19.4 Å². The average molecular weight is 1020 g/mol. The molecule has 390 valence electrons. The molecular formula is C72H75B2N3O. The van der Waals surface area contributed by atoms with Crippen molar-refractivity contribution >= 4 is 97.4 Å². The molecule has 0 unspecified atom stereocenters. The van der Waals surface area contributed by atoms with E-state index in [0.29, 0.717) is 0 Å². The molecule has 2 aliphatic carbocycles. The Labute approximate surface area is 466 Å². The number of benzene rings is 8. The fourth-order valence-corrected chi connectivity index (χ4v) is 14.8. The second-order valence-corrected chi connectivity index (χ2v) is 28.7. The number of rotatable bonds is 3. The van der Waals surface area contributed by atoms with Crippen LogP contribution in [0.1, 0.15) is 156 Å². The SMILES string of the molecule is CC(C)(C)c1cc2c3c(c1)N(c1ccccc1)c1cc4c(cc1B3c1ccccc1O2)B1c2cc3c(cc2N(c2ccc5c(c2)C(C)(C)CCC5(C)C)c2cc(C(C)(C)C)cc(c21)N4c1ccccc1)C(C)(C)CCC3(C)C. The summed E-state index contributed by atoms with van der Waals surface area (Å²) in [4.78, 5) is 7.92. The first-order chi connectivity index (χ1) is 36.9. The minimum Gasteiger partial charge on any atom is -0.458 e. The Morgan fingerprint density at radius 2 is 0.769 bits per heavy atom. The Morgan fingerprint density at radius 3 is 1.32 bits per heavy atom. The summed E-state index contributed by atoms with van der Waals surface area (Å²) in [6, 6.07) is 59.3. The molecule has 8 aromatic rings. The summed E-state index contributed by atoms with van der Waals surface area (Å²) in [6.07, 6.45) is 4.65. The molecule has 14 rings (SSSR count). The molecule has 6 heteroatoms. The summed E-state index contributed by atoms with van der Waals surface area (Å²) >= 11 is 0. The molecule has 6 aliphatic rings. The minimum atomic E-state index is -0.151. The maximum atomic E-state index is 7.11. The summed E-state index contributed by atoms with van der Waals surface area (Å²) < 4.78 is 7.11. The van der Waals surface area contributed by atoms with Crippen LogP contribution in [0.5, 0.6) is 11.5 Å². The third kappa shape index (κ3) is 7.19. The smallest absolute Gasteiger partial charge is 0.256 e. The van der Waals surface area contributed by atoms with Gasteiger partial charge in [-0.2, -0.15) is 0 Å². The summed E-state index contributed by atoms with van der Waals surface area (Å²) in [7, 11) is 0. The molecule has 0 saturated carbocycles. The molecule has 0 aromatic heterocycles. The quantitative estimate of drug-likeness (QED) is 0.164. The van der Waals surface area contributed by atoms with Gasteiger partial charge in [-0.15, -0.1) is 0 Å². The molecule has 4 nitrogen and oxygen atoms in total. The average Bonchev–Trinajstić information content (AvgIpc) is 3.56. The van der Waals surface area contributed by atoms with Gasteiger partial charge in [0.05, 0.1) is 0 Å². The molecule has 0 atom stereocenters. The lowest BCUT2D eigenvalue weighted by Gasteiger charge is -2.49. The maximum absolute atomic E-state index is 7.11. The second kappa shape index (κ2) is 16.3. The van der Waals surface area contributed by atoms with E-state index >= 15 is 0 Å². The number of hydrogen-bond donors (Lipinski definition) is 0. The van der Waals surface area contributed by atoms with Crippen LogP contribution in [0.2, 0.25) is 0 Å². The van der Waals surface area contributed by atoms with Crippen molar-refractivity contribution in [3.8, 4) is 11.5 Å². The van der Waals surface area contributed by atoms with E-state index < -0.39 is 0 Å². The molecule has 0 spiro atoms. The minimum absolute atomic E-state index is 0.00275. The number of para-hydroxylation sites is 3. The van der Waals surface area contributed by atoms with Gasteiger partial charge >= 0.3 is 0 Å². The van der Waals surface area contributed by atoms with E-state index in [0.717, 1.165) is 42.1 Å². The number of nitrogens with zero attached hydrogens (tertiary/aromatic N) is 3. The van der Waals surface area contributed by atoms with Crippen LogP contribution in [0.3, 0.4) is 0 Å². The molecule has 4 heterocycles. The van der Waals surface area contributed by atoms with Crippen LogP contribution in [0.25, 0.3) is 0 Å². The third-order valence-corrected chi connectivity index (χ3v) is 19.7. The summed E-state index contributed by atoms with van der Waals surface area (Å²) in [5.41, 5.74) is 27.3. The van der Waals surface area contributed by atoms with Crippen LogP contribution in [-0.2, 0) is 32.5 Å². The van der Waals surface area contributed by atoms with Gasteiger partial charge in [-0.25, -0.2) is 0 Å². The lowest BCUT2D eigenvalue weighted by atomic mass is 9.30. The van der Waals surface area contributed by atoms with E-state index in [1.54, 1.807) is 0 Å². The van der Waals surface area contributed by atoms with E-state index in [9.17, 15) is 0 Å². The Kier molecular flexibility index (Phi) is 10.3. The zero-order valence-corrected chi connectivity index (χ0v) is 48.7. The van der Waals surface area contributed by atoms with Crippen LogP contribution in [0.15, 0.2) is 152 Å². The normalized spacial score (nSPS) is 18.3. The van der Waals surface area contributed by atoms with Crippen LogP contribution in [-0.4, -0.2) is 13.4 Å². The van der Waals surface area contributed by atoms with E-state index in [1.807, 2.05) is 0 Å². The predicted octanol–water partition coefficient (Wildman–Crippen LogP) is 15.5. The van der Waals surface area contributed by atoms with Crippen LogP contribution in [0.4, 0.5) is 51.2 Å². The molecule has 0 bridgehead atoms. The highest BCUT2D eigenvalue weighted by molar-refractivity contribution is 7.02. The van der Waals surface area contributed by atoms with Crippen LogP contribution >= 0.6 is 0 Å². The maximum Gasteiger partial charge on any atom is 0.256 e. The van der Waals surface area contributed by atoms with E-state index in [-0.39, 0.29) is 45.9 Å². The first-order valence-corrected chi connectivity index (χ1v) is 29.1. The molecule has 0 saturated heterocycles.